The monoisotopic (exact) mass is 224 g/mol. The maximum absolute atomic E-state index is 8.70. The number of nitrogens with zero attached hydrogens (tertiary/aromatic N) is 2. The summed E-state index contributed by atoms with van der Waals surface area (Å²) in [6.07, 6.45) is 8.48. The summed E-state index contributed by atoms with van der Waals surface area (Å²) in [7, 11) is 0. The number of hydrogen-bond acceptors (Lipinski definition) is 4. The highest BCUT2D eigenvalue weighted by Gasteiger charge is 2.28. The normalized spacial score (nSPS) is 31.2. The van der Waals surface area contributed by atoms with Crippen LogP contribution in [-0.2, 0) is 0 Å². The van der Waals surface area contributed by atoms with Crippen molar-refractivity contribution in [1.82, 2.24) is 0 Å². The third-order valence-corrected chi connectivity index (χ3v) is 4.16. The van der Waals surface area contributed by atoms with E-state index in [1.54, 1.807) is 0 Å². The molecule has 0 spiro atoms. The van der Waals surface area contributed by atoms with Gasteiger partial charge in [-0.05, 0) is 63.2 Å². The molecule has 2 aliphatic rings. The topological polar surface area (TPSA) is 65.2 Å². The molecule has 2 aliphatic carbocycles. The molecule has 0 aromatic heterocycles. The third-order valence-electron chi connectivity index (χ3n) is 4.16. The lowest BCUT2D eigenvalue weighted by molar-refractivity contribution is 0.243. The largest absolute Gasteiger partial charge is 0.411 e. The SMILES string of the molecule is ON=C1CCC(C2CCC(=NO)CC2)CC1. The molecule has 2 saturated carbocycles. The minimum Gasteiger partial charge on any atom is -0.411 e. The summed E-state index contributed by atoms with van der Waals surface area (Å²) in [5.41, 5.74) is 1.93. The van der Waals surface area contributed by atoms with Gasteiger partial charge in [0.25, 0.3) is 0 Å². The molecule has 0 bridgehead atoms. The molecule has 0 aromatic carbocycles. The van der Waals surface area contributed by atoms with Crippen LogP contribution in [0.4, 0.5) is 0 Å². The molecule has 2 rings (SSSR count). The fourth-order valence-electron chi connectivity index (χ4n) is 3.09. The minimum atomic E-state index is 0.783. The van der Waals surface area contributed by atoms with Crippen LogP contribution in [0, 0.1) is 11.8 Å². The smallest absolute Gasteiger partial charge is 0.0571 e. The molecular weight excluding hydrogens is 204 g/mol. The Labute approximate surface area is 96.0 Å². The zero-order chi connectivity index (χ0) is 11.4. The summed E-state index contributed by atoms with van der Waals surface area (Å²) in [5.74, 6) is 1.57. The first-order valence-corrected chi connectivity index (χ1v) is 6.23. The second kappa shape index (κ2) is 5.32. The van der Waals surface area contributed by atoms with Crippen molar-refractivity contribution >= 4 is 11.4 Å². The Balaban J connectivity index is 1.82. The van der Waals surface area contributed by atoms with Gasteiger partial charge in [0, 0.05) is 0 Å². The van der Waals surface area contributed by atoms with Crippen molar-refractivity contribution in [1.29, 1.82) is 0 Å². The lowest BCUT2D eigenvalue weighted by Gasteiger charge is -2.33. The van der Waals surface area contributed by atoms with E-state index in [9.17, 15) is 0 Å². The van der Waals surface area contributed by atoms with Crippen LogP contribution in [-0.4, -0.2) is 21.8 Å². The van der Waals surface area contributed by atoms with Crippen LogP contribution >= 0.6 is 0 Å². The van der Waals surface area contributed by atoms with Gasteiger partial charge < -0.3 is 10.4 Å². The van der Waals surface area contributed by atoms with Crippen LogP contribution in [0.3, 0.4) is 0 Å². The van der Waals surface area contributed by atoms with Gasteiger partial charge in [-0.15, -0.1) is 0 Å². The van der Waals surface area contributed by atoms with Gasteiger partial charge in [-0.3, -0.25) is 0 Å². The van der Waals surface area contributed by atoms with Crippen molar-refractivity contribution in [3.63, 3.8) is 0 Å². The average molecular weight is 224 g/mol. The van der Waals surface area contributed by atoms with Crippen molar-refractivity contribution in [3.05, 3.63) is 0 Å². The molecule has 16 heavy (non-hydrogen) atoms. The number of oxime groups is 2. The fraction of sp³-hybridized carbons (Fsp3) is 0.833. The Hall–Kier alpha value is -1.06. The number of rotatable bonds is 1. The Morgan fingerprint density at radius 1 is 0.688 bits per heavy atom. The van der Waals surface area contributed by atoms with Gasteiger partial charge in [0.15, 0.2) is 0 Å². The first kappa shape index (κ1) is 11.4. The van der Waals surface area contributed by atoms with E-state index in [0.717, 1.165) is 74.6 Å². The molecule has 0 atom stereocenters. The van der Waals surface area contributed by atoms with Gasteiger partial charge in [-0.2, -0.15) is 0 Å². The molecule has 0 aliphatic heterocycles. The molecule has 2 fully saturated rings. The fourth-order valence-corrected chi connectivity index (χ4v) is 3.09. The molecule has 90 valence electrons. The highest BCUT2D eigenvalue weighted by atomic mass is 16.4. The lowest BCUT2D eigenvalue weighted by Crippen LogP contribution is -2.25. The van der Waals surface area contributed by atoms with Gasteiger partial charge in [0.05, 0.1) is 11.4 Å². The zero-order valence-electron chi connectivity index (χ0n) is 9.60. The van der Waals surface area contributed by atoms with Crippen LogP contribution in [0.2, 0.25) is 0 Å². The average Bonchev–Trinajstić information content (AvgIpc) is 2.39. The van der Waals surface area contributed by atoms with E-state index >= 15 is 0 Å². The first-order chi connectivity index (χ1) is 7.83. The standard InChI is InChI=1S/C12H20N2O2/c15-13-11-5-1-9(2-6-11)10-3-7-12(14-16)8-4-10/h9-10,15-16H,1-8H2. The first-order valence-electron chi connectivity index (χ1n) is 6.23. The molecule has 0 heterocycles. The second-order valence-corrected chi connectivity index (χ2v) is 5.01. The van der Waals surface area contributed by atoms with Crippen LogP contribution in [0.5, 0.6) is 0 Å². The molecular formula is C12H20N2O2. The second-order valence-electron chi connectivity index (χ2n) is 5.01. The van der Waals surface area contributed by atoms with Gasteiger partial charge in [0.1, 0.15) is 0 Å². The van der Waals surface area contributed by atoms with Gasteiger partial charge in [-0.25, -0.2) is 0 Å². The highest BCUT2D eigenvalue weighted by molar-refractivity contribution is 5.85. The van der Waals surface area contributed by atoms with Crippen molar-refractivity contribution in [3.8, 4) is 0 Å². The Kier molecular flexibility index (Phi) is 3.80. The zero-order valence-corrected chi connectivity index (χ0v) is 9.60. The summed E-state index contributed by atoms with van der Waals surface area (Å²) in [6, 6.07) is 0. The molecule has 0 aromatic rings. The maximum atomic E-state index is 8.70. The summed E-state index contributed by atoms with van der Waals surface area (Å²) < 4.78 is 0. The molecule has 2 N–H and O–H groups in total. The van der Waals surface area contributed by atoms with Crippen molar-refractivity contribution in [2.24, 2.45) is 22.1 Å². The predicted molar refractivity (Wildman–Crippen MR) is 62.4 cm³/mol. The summed E-state index contributed by atoms with van der Waals surface area (Å²) in [5, 5.41) is 24.0. The summed E-state index contributed by atoms with van der Waals surface area (Å²) >= 11 is 0. The van der Waals surface area contributed by atoms with Crippen molar-refractivity contribution < 1.29 is 10.4 Å². The quantitative estimate of drug-likeness (QED) is 0.531. The molecule has 0 saturated heterocycles. The molecule has 0 unspecified atom stereocenters. The third kappa shape index (κ3) is 2.54. The number of hydrogen-bond donors (Lipinski definition) is 2. The van der Waals surface area contributed by atoms with E-state index in [0.29, 0.717) is 0 Å². The van der Waals surface area contributed by atoms with E-state index < -0.39 is 0 Å². The van der Waals surface area contributed by atoms with E-state index in [-0.39, 0.29) is 0 Å². The minimum absolute atomic E-state index is 0.783. The molecule has 0 radical (unpaired) electrons. The molecule has 0 amide bonds. The van der Waals surface area contributed by atoms with Gasteiger partial charge >= 0.3 is 0 Å². The van der Waals surface area contributed by atoms with E-state index in [4.69, 9.17) is 10.4 Å². The summed E-state index contributed by atoms with van der Waals surface area (Å²) in [6.45, 7) is 0. The Morgan fingerprint density at radius 3 is 1.25 bits per heavy atom. The van der Waals surface area contributed by atoms with Crippen molar-refractivity contribution in [2.75, 3.05) is 0 Å². The Bertz CT molecular complexity index is 249. The Morgan fingerprint density at radius 2 is 1.00 bits per heavy atom. The van der Waals surface area contributed by atoms with E-state index in [1.807, 2.05) is 0 Å². The predicted octanol–water partition coefficient (Wildman–Crippen LogP) is 3.03. The highest BCUT2D eigenvalue weighted by Crippen LogP contribution is 2.36. The van der Waals surface area contributed by atoms with Gasteiger partial charge in [-0.1, -0.05) is 10.3 Å². The van der Waals surface area contributed by atoms with Crippen LogP contribution in [0.1, 0.15) is 51.4 Å². The van der Waals surface area contributed by atoms with Crippen molar-refractivity contribution in [2.45, 2.75) is 51.4 Å². The molecule has 4 nitrogen and oxygen atoms in total. The summed E-state index contributed by atoms with van der Waals surface area (Å²) in [4.78, 5) is 0. The maximum Gasteiger partial charge on any atom is 0.0571 e. The lowest BCUT2D eigenvalue weighted by atomic mass is 9.73. The van der Waals surface area contributed by atoms with Crippen LogP contribution in [0.15, 0.2) is 10.3 Å². The molecule has 4 heteroatoms. The van der Waals surface area contributed by atoms with E-state index in [1.165, 1.54) is 0 Å². The van der Waals surface area contributed by atoms with Gasteiger partial charge in [0.2, 0.25) is 0 Å². The van der Waals surface area contributed by atoms with Crippen LogP contribution in [0.25, 0.3) is 0 Å². The van der Waals surface area contributed by atoms with E-state index in [2.05, 4.69) is 10.3 Å². The van der Waals surface area contributed by atoms with Crippen LogP contribution < -0.4 is 0 Å².